The van der Waals surface area contributed by atoms with Crippen LogP contribution in [0.15, 0.2) is 54.4 Å². The fraction of sp³-hybridized carbons (Fsp3) is 0.273. The highest BCUT2D eigenvalue weighted by atomic mass is 16.5. The fourth-order valence-electron chi connectivity index (χ4n) is 3.42. The van der Waals surface area contributed by atoms with Gasteiger partial charge in [-0.2, -0.15) is 0 Å². The van der Waals surface area contributed by atoms with Gasteiger partial charge in [-0.1, -0.05) is 12.1 Å². The molecule has 0 bridgehead atoms. The second-order valence-corrected chi connectivity index (χ2v) is 6.69. The Morgan fingerprint density at radius 2 is 1.73 bits per heavy atom. The van der Waals surface area contributed by atoms with Crippen LogP contribution in [0.1, 0.15) is 33.9 Å². The molecule has 1 fully saturated rings. The Hall–Kier alpha value is -3.52. The monoisotopic (exact) mass is 410 g/mol. The Balaban J connectivity index is 2.09. The molecule has 30 heavy (non-hydrogen) atoms. The number of hydrogen-bond acceptors (Lipinski definition) is 7. The maximum atomic E-state index is 12.8. The van der Waals surface area contributed by atoms with E-state index in [-0.39, 0.29) is 17.9 Å². The lowest BCUT2D eigenvalue weighted by atomic mass is 9.95. The van der Waals surface area contributed by atoms with E-state index in [0.29, 0.717) is 29.7 Å². The number of pyridine rings is 1. The molecule has 8 heteroatoms. The number of carbonyl (C=O) groups excluding carboxylic acids is 3. The van der Waals surface area contributed by atoms with Gasteiger partial charge in [0.1, 0.15) is 5.76 Å². The lowest BCUT2D eigenvalue weighted by molar-refractivity contribution is -0.140. The quantitative estimate of drug-likeness (QED) is 0.245. The predicted molar refractivity (Wildman–Crippen MR) is 108 cm³/mol. The summed E-state index contributed by atoms with van der Waals surface area (Å²) in [7, 11) is 2.84. The maximum Gasteiger partial charge on any atom is 0.337 e. The van der Waals surface area contributed by atoms with Crippen molar-refractivity contribution in [1.29, 1.82) is 0 Å². The van der Waals surface area contributed by atoms with Gasteiger partial charge in [-0.3, -0.25) is 14.6 Å². The Bertz CT molecular complexity index is 969. The van der Waals surface area contributed by atoms with Gasteiger partial charge in [0.15, 0.2) is 0 Å². The minimum absolute atomic E-state index is 0.00515. The van der Waals surface area contributed by atoms with Crippen molar-refractivity contribution in [3.8, 4) is 0 Å². The molecule has 2 heterocycles. The van der Waals surface area contributed by atoms with Crippen LogP contribution in [0.2, 0.25) is 0 Å². The van der Waals surface area contributed by atoms with Gasteiger partial charge in [0.05, 0.1) is 24.3 Å². The number of aliphatic hydroxyl groups excluding tert-OH is 1. The minimum Gasteiger partial charge on any atom is -0.507 e. The summed E-state index contributed by atoms with van der Waals surface area (Å²) in [4.78, 5) is 42.7. The predicted octanol–water partition coefficient (Wildman–Crippen LogP) is 2.33. The number of esters is 1. The highest BCUT2D eigenvalue weighted by molar-refractivity contribution is 6.46. The van der Waals surface area contributed by atoms with Gasteiger partial charge >= 0.3 is 5.97 Å². The average molecular weight is 410 g/mol. The van der Waals surface area contributed by atoms with Gasteiger partial charge in [0.25, 0.3) is 11.7 Å². The van der Waals surface area contributed by atoms with E-state index in [1.165, 1.54) is 24.4 Å². The SMILES string of the molecule is COCCCN1C(=O)C(=O)C(=C(O)c2ccncc2)C1c1ccc(C(=O)OC)cc1. The van der Waals surface area contributed by atoms with Crippen molar-refractivity contribution in [2.75, 3.05) is 27.4 Å². The highest BCUT2D eigenvalue weighted by Gasteiger charge is 2.45. The molecule has 1 aromatic heterocycles. The Morgan fingerprint density at radius 3 is 2.33 bits per heavy atom. The molecule has 1 aromatic carbocycles. The second-order valence-electron chi connectivity index (χ2n) is 6.69. The molecule has 0 aliphatic carbocycles. The number of benzene rings is 1. The first-order valence-corrected chi connectivity index (χ1v) is 9.35. The number of amides is 1. The summed E-state index contributed by atoms with van der Waals surface area (Å²) >= 11 is 0. The molecular weight excluding hydrogens is 388 g/mol. The van der Waals surface area contributed by atoms with Crippen LogP contribution in [0.25, 0.3) is 5.76 Å². The summed E-state index contributed by atoms with van der Waals surface area (Å²) in [6.45, 7) is 0.691. The fourth-order valence-corrected chi connectivity index (χ4v) is 3.42. The number of Topliss-reactive ketones (excluding diaryl/α,β-unsaturated/α-hetero) is 1. The number of ether oxygens (including phenoxy) is 2. The van der Waals surface area contributed by atoms with Crippen LogP contribution in [0, 0.1) is 0 Å². The van der Waals surface area contributed by atoms with E-state index in [1.807, 2.05) is 0 Å². The van der Waals surface area contributed by atoms with Crippen LogP contribution in [0.5, 0.6) is 0 Å². The number of likely N-dealkylation sites (tertiary alicyclic amines) is 1. The molecule has 0 saturated carbocycles. The number of aliphatic hydroxyl groups is 1. The largest absolute Gasteiger partial charge is 0.507 e. The molecule has 1 amide bonds. The third kappa shape index (κ3) is 4.08. The van der Waals surface area contributed by atoms with Gasteiger partial charge in [-0.25, -0.2) is 4.79 Å². The molecule has 1 aliphatic rings. The number of carbonyl (C=O) groups is 3. The molecule has 3 rings (SSSR count). The summed E-state index contributed by atoms with van der Waals surface area (Å²) < 4.78 is 9.77. The normalized spacial score (nSPS) is 17.9. The van der Waals surface area contributed by atoms with Gasteiger partial charge in [-0.05, 0) is 36.2 Å². The summed E-state index contributed by atoms with van der Waals surface area (Å²) in [5.41, 5.74) is 1.31. The summed E-state index contributed by atoms with van der Waals surface area (Å²) in [6.07, 6.45) is 3.50. The van der Waals surface area contributed by atoms with Gasteiger partial charge in [-0.15, -0.1) is 0 Å². The Labute approximate surface area is 173 Å². The zero-order valence-corrected chi connectivity index (χ0v) is 16.7. The first kappa shape index (κ1) is 21.2. The van der Waals surface area contributed by atoms with E-state index in [1.54, 1.807) is 43.5 Å². The molecule has 1 N–H and O–H groups in total. The van der Waals surface area contributed by atoms with Crippen LogP contribution in [0.3, 0.4) is 0 Å². The van der Waals surface area contributed by atoms with Crippen molar-refractivity contribution in [3.63, 3.8) is 0 Å². The zero-order valence-electron chi connectivity index (χ0n) is 16.7. The van der Waals surface area contributed by atoms with E-state index in [4.69, 9.17) is 9.47 Å². The van der Waals surface area contributed by atoms with Crippen molar-refractivity contribution < 1.29 is 29.0 Å². The number of methoxy groups -OCH3 is 2. The maximum absolute atomic E-state index is 12.8. The van der Waals surface area contributed by atoms with E-state index >= 15 is 0 Å². The molecule has 8 nitrogen and oxygen atoms in total. The Morgan fingerprint density at radius 1 is 1.07 bits per heavy atom. The topological polar surface area (TPSA) is 106 Å². The summed E-state index contributed by atoms with van der Waals surface area (Å²) in [5.74, 6) is -2.22. The molecule has 0 radical (unpaired) electrons. The van der Waals surface area contributed by atoms with Crippen molar-refractivity contribution in [1.82, 2.24) is 9.88 Å². The number of ketones is 1. The van der Waals surface area contributed by atoms with Gasteiger partial charge in [0, 0.05) is 38.2 Å². The first-order chi connectivity index (χ1) is 14.5. The average Bonchev–Trinajstić information content (AvgIpc) is 3.04. The van der Waals surface area contributed by atoms with Gasteiger partial charge < -0.3 is 19.5 Å². The van der Waals surface area contributed by atoms with E-state index in [0.717, 1.165) is 0 Å². The summed E-state index contributed by atoms with van der Waals surface area (Å²) in [6, 6.07) is 8.74. The van der Waals surface area contributed by atoms with Crippen molar-refractivity contribution in [3.05, 3.63) is 71.1 Å². The lowest BCUT2D eigenvalue weighted by Gasteiger charge is -2.25. The highest BCUT2D eigenvalue weighted by Crippen LogP contribution is 2.39. The molecule has 1 saturated heterocycles. The summed E-state index contributed by atoms with van der Waals surface area (Å²) in [5, 5.41) is 10.9. The number of nitrogens with zero attached hydrogens (tertiary/aromatic N) is 2. The zero-order chi connectivity index (χ0) is 21.7. The van der Waals surface area contributed by atoms with Gasteiger partial charge in [0.2, 0.25) is 0 Å². The van der Waals surface area contributed by atoms with Crippen LogP contribution in [-0.2, 0) is 19.1 Å². The first-order valence-electron chi connectivity index (χ1n) is 9.35. The number of rotatable bonds is 7. The second kappa shape index (κ2) is 9.32. The van der Waals surface area contributed by atoms with E-state index < -0.39 is 23.7 Å². The molecular formula is C22H22N2O6. The molecule has 156 valence electrons. The van der Waals surface area contributed by atoms with Crippen LogP contribution < -0.4 is 0 Å². The van der Waals surface area contributed by atoms with E-state index in [2.05, 4.69) is 4.98 Å². The van der Waals surface area contributed by atoms with Crippen LogP contribution >= 0.6 is 0 Å². The van der Waals surface area contributed by atoms with E-state index in [9.17, 15) is 19.5 Å². The Kier molecular flexibility index (Phi) is 6.58. The minimum atomic E-state index is -0.790. The lowest BCUT2D eigenvalue weighted by Crippen LogP contribution is -2.31. The van der Waals surface area contributed by atoms with Crippen molar-refractivity contribution in [2.24, 2.45) is 0 Å². The van der Waals surface area contributed by atoms with Crippen LogP contribution in [-0.4, -0.2) is 60.0 Å². The molecule has 1 aliphatic heterocycles. The number of hydrogen-bond donors (Lipinski definition) is 1. The van der Waals surface area contributed by atoms with Crippen molar-refractivity contribution >= 4 is 23.4 Å². The molecule has 1 atom stereocenters. The number of aromatic nitrogens is 1. The standard InChI is InChI=1S/C22H22N2O6/c1-29-13-3-12-24-18(14-4-6-16(7-5-14)22(28)30-2)17(20(26)21(24)27)19(25)15-8-10-23-11-9-15/h4-11,18,25H,3,12-13H2,1-2H3. The molecule has 2 aromatic rings. The van der Waals surface area contributed by atoms with Crippen LogP contribution in [0.4, 0.5) is 0 Å². The smallest absolute Gasteiger partial charge is 0.337 e. The van der Waals surface area contributed by atoms with Crippen molar-refractivity contribution in [2.45, 2.75) is 12.5 Å². The molecule has 0 spiro atoms. The third-order valence-electron chi connectivity index (χ3n) is 4.89. The molecule has 1 unspecified atom stereocenters. The third-order valence-corrected chi connectivity index (χ3v) is 4.89.